The average Bonchev–Trinajstić information content (AvgIpc) is 3.34. The van der Waals surface area contributed by atoms with Crippen LogP contribution in [0, 0.1) is 6.92 Å². The molecule has 5 nitrogen and oxygen atoms in total. The predicted octanol–water partition coefficient (Wildman–Crippen LogP) is 2.71. The first-order valence-corrected chi connectivity index (χ1v) is 8.21. The normalized spacial score (nSPS) is 22.4. The number of nitrogens with zero attached hydrogens (tertiary/aromatic N) is 3. The van der Waals surface area contributed by atoms with Gasteiger partial charge in [0.15, 0.2) is 0 Å². The molecule has 0 radical (unpaired) electrons. The topological polar surface area (TPSA) is 50.3 Å². The van der Waals surface area contributed by atoms with Crippen LogP contribution in [0.3, 0.4) is 0 Å². The first-order valence-electron chi connectivity index (χ1n) is 8.21. The monoisotopic (exact) mass is 290 g/mol. The second-order valence-electron chi connectivity index (χ2n) is 6.03. The maximum Gasteiger partial charge on any atom is 0.137 e. The summed E-state index contributed by atoms with van der Waals surface area (Å²) < 4.78 is 5.79. The molecule has 1 atom stereocenters. The van der Waals surface area contributed by atoms with Crippen molar-refractivity contribution in [2.45, 2.75) is 52.1 Å². The standard InChI is InChI=1S/C16H26N4O/c1-4-13-10-20(8-9-21-13)16-11(3)14(17-5-2)18-15(19-16)12-6-7-12/h12-13H,4-10H2,1-3H3,(H,17,18,19). The van der Waals surface area contributed by atoms with Gasteiger partial charge in [0.05, 0.1) is 12.7 Å². The third kappa shape index (κ3) is 3.12. The Kier molecular flexibility index (Phi) is 4.29. The molecule has 0 amide bonds. The van der Waals surface area contributed by atoms with E-state index in [0.717, 1.165) is 55.7 Å². The van der Waals surface area contributed by atoms with Crippen LogP contribution in [0.25, 0.3) is 0 Å². The van der Waals surface area contributed by atoms with E-state index in [1.807, 2.05) is 0 Å². The van der Waals surface area contributed by atoms with Crippen molar-refractivity contribution < 1.29 is 4.74 Å². The van der Waals surface area contributed by atoms with Crippen molar-refractivity contribution in [3.8, 4) is 0 Å². The highest BCUT2D eigenvalue weighted by atomic mass is 16.5. The van der Waals surface area contributed by atoms with Gasteiger partial charge in [-0.05, 0) is 33.1 Å². The van der Waals surface area contributed by atoms with E-state index in [-0.39, 0.29) is 0 Å². The quantitative estimate of drug-likeness (QED) is 0.903. The molecule has 1 N–H and O–H groups in total. The largest absolute Gasteiger partial charge is 0.375 e. The molecule has 3 rings (SSSR count). The lowest BCUT2D eigenvalue weighted by atomic mass is 10.2. The minimum Gasteiger partial charge on any atom is -0.375 e. The molecule has 5 heteroatoms. The molecular formula is C16H26N4O. The molecule has 2 fully saturated rings. The Hall–Kier alpha value is -1.36. The smallest absolute Gasteiger partial charge is 0.137 e. The molecule has 2 heterocycles. The molecule has 1 saturated carbocycles. The SMILES string of the molecule is CCNc1nc(C2CC2)nc(N2CCOC(CC)C2)c1C. The summed E-state index contributed by atoms with van der Waals surface area (Å²) in [6, 6.07) is 0. The summed E-state index contributed by atoms with van der Waals surface area (Å²) in [7, 11) is 0. The van der Waals surface area contributed by atoms with Crippen LogP contribution < -0.4 is 10.2 Å². The van der Waals surface area contributed by atoms with Crippen LogP contribution in [0.15, 0.2) is 0 Å². The van der Waals surface area contributed by atoms with Crippen LogP contribution in [0.2, 0.25) is 0 Å². The lowest BCUT2D eigenvalue weighted by Crippen LogP contribution is -2.43. The molecule has 1 saturated heterocycles. The van der Waals surface area contributed by atoms with E-state index < -0.39 is 0 Å². The maximum atomic E-state index is 5.79. The highest BCUT2D eigenvalue weighted by Gasteiger charge is 2.30. The minimum absolute atomic E-state index is 0.320. The third-order valence-corrected chi connectivity index (χ3v) is 4.32. The van der Waals surface area contributed by atoms with Crippen molar-refractivity contribution in [2.24, 2.45) is 0 Å². The second-order valence-corrected chi connectivity index (χ2v) is 6.03. The van der Waals surface area contributed by atoms with Gasteiger partial charge in [0.1, 0.15) is 17.5 Å². The van der Waals surface area contributed by atoms with Crippen LogP contribution in [0.1, 0.15) is 50.4 Å². The molecule has 1 aliphatic heterocycles. The number of hydrogen-bond donors (Lipinski definition) is 1. The summed E-state index contributed by atoms with van der Waals surface area (Å²) in [6.07, 6.45) is 3.83. The van der Waals surface area contributed by atoms with E-state index in [4.69, 9.17) is 14.7 Å². The number of rotatable bonds is 5. The Balaban J connectivity index is 1.91. The highest BCUT2D eigenvalue weighted by Crippen LogP contribution is 2.40. The van der Waals surface area contributed by atoms with Gasteiger partial charge in [0, 0.05) is 31.1 Å². The van der Waals surface area contributed by atoms with Crippen LogP contribution in [0.5, 0.6) is 0 Å². The first kappa shape index (κ1) is 14.6. The van der Waals surface area contributed by atoms with Gasteiger partial charge in [0.25, 0.3) is 0 Å². The predicted molar refractivity (Wildman–Crippen MR) is 85.2 cm³/mol. The fourth-order valence-corrected chi connectivity index (χ4v) is 2.85. The molecule has 1 unspecified atom stereocenters. The highest BCUT2D eigenvalue weighted by molar-refractivity contribution is 5.59. The summed E-state index contributed by atoms with van der Waals surface area (Å²) in [5, 5.41) is 3.39. The molecule has 1 aromatic rings. The van der Waals surface area contributed by atoms with Gasteiger partial charge in [-0.3, -0.25) is 0 Å². The van der Waals surface area contributed by atoms with E-state index in [1.165, 1.54) is 12.8 Å². The summed E-state index contributed by atoms with van der Waals surface area (Å²) in [5.74, 6) is 3.70. The molecule has 116 valence electrons. The van der Waals surface area contributed by atoms with Crippen molar-refractivity contribution in [2.75, 3.05) is 36.5 Å². The van der Waals surface area contributed by atoms with Crippen molar-refractivity contribution in [1.29, 1.82) is 0 Å². The van der Waals surface area contributed by atoms with E-state index >= 15 is 0 Å². The fourth-order valence-electron chi connectivity index (χ4n) is 2.85. The summed E-state index contributed by atoms with van der Waals surface area (Å²) in [4.78, 5) is 12.0. The van der Waals surface area contributed by atoms with E-state index in [2.05, 4.69) is 31.0 Å². The van der Waals surface area contributed by atoms with E-state index in [9.17, 15) is 0 Å². The fraction of sp³-hybridized carbons (Fsp3) is 0.750. The Morgan fingerprint density at radius 3 is 2.76 bits per heavy atom. The van der Waals surface area contributed by atoms with Crippen molar-refractivity contribution in [3.05, 3.63) is 11.4 Å². The van der Waals surface area contributed by atoms with Crippen LogP contribution in [-0.2, 0) is 4.74 Å². The number of hydrogen-bond acceptors (Lipinski definition) is 5. The van der Waals surface area contributed by atoms with Gasteiger partial charge in [-0.25, -0.2) is 9.97 Å². The summed E-state index contributed by atoms with van der Waals surface area (Å²) >= 11 is 0. The van der Waals surface area contributed by atoms with Crippen LogP contribution in [-0.4, -0.2) is 42.3 Å². The van der Waals surface area contributed by atoms with Crippen molar-refractivity contribution in [1.82, 2.24) is 9.97 Å². The third-order valence-electron chi connectivity index (χ3n) is 4.32. The minimum atomic E-state index is 0.320. The van der Waals surface area contributed by atoms with E-state index in [0.29, 0.717) is 12.0 Å². The maximum absolute atomic E-state index is 5.79. The van der Waals surface area contributed by atoms with Crippen LogP contribution >= 0.6 is 0 Å². The second kappa shape index (κ2) is 6.18. The van der Waals surface area contributed by atoms with Gasteiger partial charge in [0.2, 0.25) is 0 Å². The molecule has 1 aliphatic carbocycles. The van der Waals surface area contributed by atoms with Gasteiger partial charge in [-0.1, -0.05) is 6.92 Å². The molecule has 0 spiro atoms. The Morgan fingerprint density at radius 1 is 1.29 bits per heavy atom. The molecule has 2 aliphatic rings. The molecular weight excluding hydrogens is 264 g/mol. The summed E-state index contributed by atoms with van der Waals surface area (Å²) in [6.45, 7) is 9.95. The van der Waals surface area contributed by atoms with Gasteiger partial charge < -0.3 is 15.0 Å². The average molecular weight is 290 g/mol. The van der Waals surface area contributed by atoms with Gasteiger partial charge >= 0.3 is 0 Å². The molecule has 1 aromatic heterocycles. The van der Waals surface area contributed by atoms with E-state index in [1.54, 1.807) is 0 Å². The number of morpholine rings is 1. The number of nitrogens with one attached hydrogen (secondary N) is 1. The zero-order valence-corrected chi connectivity index (χ0v) is 13.4. The molecule has 0 bridgehead atoms. The van der Waals surface area contributed by atoms with Gasteiger partial charge in [-0.2, -0.15) is 0 Å². The van der Waals surface area contributed by atoms with Gasteiger partial charge in [-0.15, -0.1) is 0 Å². The Bertz CT molecular complexity index is 501. The van der Waals surface area contributed by atoms with Crippen molar-refractivity contribution in [3.63, 3.8) is 0 Å². The molecule has 21 heavy (non-hydrogen) atoms. The Labute approximate surface area is 127 Å². The zero-order chi connectivity index (χ0) is 14.8. The van der Waals surface area contributed by atoms with Crippen LogP contribution in [0.4, 0.5) is 11.6 Å². The van der Waals surface area contributed by atoms with Crippen molar-refractivity contribution >= 4 is 11.6 Å². The number of anilines is 2. The zero-order valence-electron chi connectivity index (χ0n) is 13.4. The lowest BCUT2D eigenvalue weighted by molar-refractivity contribution is 0.0381. The molecule has 0 aromatic carbocycles. The first-order chi connectivity index (χ1) is 10.2. The number of aromatic nitrogens is 2. The number of ether oxygens (including phenoxy) is 1. The summed E-state index contributed by atoms with van der Waals surface area (Å²) in [5.41, 5.74) is 1.16. The Morgan fingerprint density at radius 2 is 2.10 bits per heavy atom. The lowest BCUT2D eigenvalue weighted by Gasteiger charge is -2.34.